The zero-order valence-corrected chi connectivity index (χ0v) is 9.26. The van der Waals surface area contributed by atoms with Crippen molar-refractivity contribution in [3.63, 3.8) is 0 Å². The van der Waals surface area contributed by atoms with E-state index in [1.54, 1.807) is 0 Å². The first-order valence-electron chi connectivity index (χ1n) is 5.26. The first-order chi connectivity index (χ1) is 7.03. The van der Waals surface area contributed by atoms with Gasteiger partial charge in [0.1, 0.15) is 0 Å². The highest BCUT2D eigenvalue weighted by Crippen LogP contribution is 2.43. The molecule has 0 fully saturated rings. The van der Waals surface area contributed by atoms with Crippen LogP contribution in [0.4, 0.5) is 0 Å². The van der Waals surface area contributed by atoms with Crippen LogP contribution in [-0.4, -0.2) is 5.79 Å². The van der Waals surface area contributed by atoms with Crippen molar-refractivity contribution in [1.82, 2.24) is 0 Å². The fourth-order valence-electron chi connectivity index (χ4n) is 2.23. The second-order valence-electron chi connectivity index (χ2n) is 4.77. The van der Waals surface area contributed by atoms with Crippen LogP contribution in [0.1, 0.15) is 31.9 Å². The highest BCUT2D eigenvalue weighted by atomic mass is 16.7. The van der Waals surface area contributed by atoms with Gasteiger partial charge < -0.3 is 9.47 Å². The van der Waals surface area contributed by atoms with E-state index in [1.165, 1.54) is 16.7 Å². The Bertz CT molecular complexity index is 470. The van der Waals surface area contributed by atoms with Gasteiger partial charge in [-0.25, -0.2) is 0 Å². The molecular formula is C13H14O2. The van der Waals surface area contributed by atoms with Gasteiger partial charge in [0, 0.05) is 13.8 Å². The van der Waals surface area contributed by atoms with Crippen LogP contribution in [0, 0.1) is 0 Å². The standard InChI is InChI=1S/C13H14O2/c1-8-4-9-6-11-12(7-10(9)5-8)15-13(2,3)14-11/h4,6-7H,5H2,1-3H3. The number of ether oxygens (including phenoxy) is 2. The molecule has 0 saturated carbocycles. The minimum absolute atomic E-state index is 0.518. The smallest absolute Gasteiger partial charge is 0.246 e. The molecule has 1 aromatic carbocycles. The highest BCUT2D eigenvalue weighted by molar-refractivity contribution is 5.67. The van der Waals surface area contributed by atoms with Crippen LogP contribution in [0.2, 0.25) is 0 Å². The Kier molecular flexibility index (Phi) is 1.51. The quantitative estimate of drug-likeness (QED) is 0.643. The second-order valence-corrected chi connectivity index (χ2v) is 4.77. The number of allylic oxidation sites excluding steroid dienone is 1. The molecule has 0 bridgehead atoms. The third-order valence-electron chi connectivity index (χ3n) is 2.79. The van der Waals surface area contributed by atoms with Crippen molar-refractivity contribution < 1.29 is 9.47 Å². The van der Waals surface area contributed by atoms with Crippen molar-refractivity contribution in [3.8, 4) is 11.5 Å². The minimum Gasteiger partial charge on any atom is -0.449 e. The zero-order valence-electron chi connectivity index (χ0n) is 9.26. The van der Waals surface area contributed by atoms with Gasteiger partial charge >= 0.3 is 0 Å². The van der Waals surface area contributed by atoms with Gasteiger partial charge in [0.2, 0.25) is 5.79 Å². The Morgan fingerprint density at radius 1 is 1.13 bits per heavy atom. The molecule has 0 saturated heterocycles. The molecule has 0 spiro atoms. The van der Waals surface area contributed by atoms with Crippen molar-refractivity contribution in [3.05, 3.63) is 28.8 Å². The molecule has 2 heteroatoms. The Balaban J connectivity index is 2.08. The molecule has 0 aromatic heterocycles. The lowest BCUT2D eigenvalue weighted by Crippen LogP contribution is -2.29. The number of benzene rings is 1. The predicted molar refractivity (Wildman–Crippen MR) is 59.1 cm³/mol. The summed E-state index contributed by atoms with van der Waals surface area (Å²) >= 11 is 0. The lowest BCUT2D eigenvalue weighted by molar-refractivity contribution is -0.0431. The van der Waals surface area contributed by atoms with E-state index in [4.69, 9.17) is 9.47 Å². The van der Waals surface area contributed by atoms with Crippen LogP contribution in [0.5, 0.6) is 11.5 Å². The fourth-order valence-corrected chi connectivity index (χ4v) is 2.23. The van der Waals surface area contributed by atoms with Crippen LogP contribution < -0.4 is 9.47 Å². The van der Waals surface area contributed by atoms with E-state index in [-0.39, 0.29) is 0 Å². The molecule has 1 aliphatic carbocycles. The SMILES string of the molecule is CC1=Cc2cc3c(cc2C1)OC(C)(C)O3. The van der Waals surface area contributed by atoms with E-state index in [9.17, 15) is 0 Å². The van der Waals surface area contributed by atoms with Crippen LogP contribution >= 0.6 is 0 Å². The first-order valence-corrected chi connectivity index (χ1v) is 5.26. The molecule has 1 aliphatic heterocycles. The molecule has 1 heterocycles. The van der Waals surface area contributed by atoms with Gasteiger partial charge in [-0.2, -0.15) is 0 Å². The van der Waals surface area contributed by atoms with Crippen molar-refractivity contribution in [1.29, 1.82) is 0 Å². The molecule has 2 aliphatic rings. The van der Waals surface area contributed by atoms with Crippen molar-refractivity contribution >= 4 is 6.08 Å². The van der Waals surface area contributed by atoms with Crippen LogP contribution in [-0.2, 0) is 6.42 Å². The monoisotopic (exact) mass is 202 g/mol. The van der Waals surface area contributed by atoms with Crippen molar-refractivity contribution in [2.24, 2.45) is 0 Å². The molecule has 15 heavy (non-hydrogen) atoms. The van der Waals surface area contributed by atoms with Crippen LogP contribution in [0.3, 0.4) is 0 Å². The van der Waals surface area contributed by atoms with Gasteiger partial charge in [-0.1, -0.05) is 11.6 Å². The highest BCUT2D eigenvalue weighted by Gasteiger charge is 2.32. The van der Waals surface area contributed by atoms with E-state index in [0.717, 1.165) is 17.9 Å². The fraction of sp³-hybridized carbons (Fsp3) is 0.385. The minimum atomic E-state index is -0.518. The maximum absolute atomic E-state index is 5.71. The number of fused-ring (bicyclic) bond motifs is 2. The van der Waals surface area contributed by atoms with E-state index in [1.807, 2.05) is 13.8 Å². The summed E-state index contributed by atoms with van der Waals surface area (Å²) in [5.74, 6) is 1.22. The third kappa shape index (κ3) is 1.32. The number of rotatable bonds is 0. The normalized spacial score (nSPS) is 20.1. The second kappa shape index (κ2) is 2.57. The Morgan fingerprint density at radius 2 is 1.80 bits per heavy atom. The maximum Gasteiger partial charge on any atom is 0.246 e. The predicted octanol–water partition coefficient (Wildman–Crippen LogP) is 3.15. The summed E-state index contributed by atoms with van der Waals surface area (Å²) < 4.78 is 11.4. The molecule has 2 nitrogen and oxygen atoms in total. The summed E-state index contributed by atoms with van der Waals surface area (Å²) in [7, 11) is 0. The number of hydrogen-bond acceptors (Lipinski definition) is 2. The summed E-state index contributed by atoms with van der Waals surface area (Å²) in [6.07, 6.45) is 3.25. The molecule has 0 unspecified atom stereocenters. The summed E-state index contributed by atoms with van der Waals surface area (Å²) in [6.45, 7) is 6.01. The molecule has 78 valence electrons. The molecular weight excluding hydrogens is 188 g/mol. The Morgan fingerprint density at radius 3 is 2.53 bits per heavy atom. The van der Waals surface area contributed by atoms with Gasteiger partial charge in [0.25, 0.3) is 0 Å². The molecule has 0 atom stereocenters. The van der Waals surface area contributed by atoms with Gasteiger partial charge in [-0.15, -0.1) is 0 Å². The van der Waals surface area contributed by atoms with Crippen LogP contribution in [0.25, 0.3) is 6.08 Å². The molecule has 1 aromatic rings. The van der Waals surface area contributed by atoms with E-state index >= 15 is 0 Å². The maximum atomic E-state index is 5.71. The van der Waals surface area contributed by atoms with Crippen molar-refractivity contribution in [2.45, 2.75) is 33.0 Å². The third-order valence-corrected chi connectivity index (χ3v) is 2.79. The lowest BCUT2D eigenvalue weighted by atomic mass is 10.1. The first kappa shape index (κ1) is 8.84. The zero-order chi connectivity index (χ0) is 10.6. The Hall–Kier alpha value is -1.44. The number of hydrogen-bond donors (Lipinski definition) is 0. The largest absolute Gasteiger partial charge is 0.449 e. The summed E-state index contributed by atoms with van der Waals surface area (Å²) in [5.41, 5.74) is 4.01. The van der Waals surface area contributed by atoms with Gasteiger partial charge in [0.15, 0.2) is 11.5 Å². The summed E-state index contributed by atoms with van der Waals surface area (Å²) in [4.78, 5) is 0. The van der Waals surface area contributed by atoms with Gasteiger partial charge in [-0.3, -0.25) is 0 Å². The molecule has 0 N–H and O–H groups in total. The topological polar surface area (TPSA) is 18.5 Å². The van der Waals surface area contributed by atoms with E-state index in [0.29, 0.717) is 0 Å². The van der Waals surface area contributed by atoms with Crippen molar-refractivity contribution in [2.75, 3.05) is 0 Å². The van der Waals surface area contributed by atoms with Gasteiger partial charge in [0.05, 0.1) is 0 Å². The summed E-state index contributed by atoms with van der Waals surface area (Å²) in [5, 5.41) is 0. The Labute approximate surface area is 89.5 Å². The van der Waals surface area contributed by atoms with E-state index < -0.39 is 5.79 Å². The molecule has 0 amide bonds. The van der Waals surface area contributed by atoms with E-state index in [2.05, 4.69) is 25.1 Å². The average Bonchev–Trinajstić information content (AvgIpc) is 2.55. The van der Waals surface area contributed by atoms with Crippen LogP contribution in [0.15, 0.2) is 17.7 Å². The molecule has 0 radical (unpaired) electrons. The average molecular weight is 202 g/mol. The summed E-state index contributed by atoms with van der Waals surface area (Å²) in [6, 6.07) is 4.18. The van der Waals surface area contributed by atoms with Gasteiger partial charge in [-0.05, 0) is 36.6 Å². The molecule has 3 rings (SSSR count). The lowest BCUT2D eigenvalue weighted by Gasteiger charge is -2.16.